The van der Waals surface area contributed by atoms with Crippen molar-refractivity contribution in [2.75, 3.05) is 35.5 Å². The predicted molar refractivity (Wildman–Crippen MR) is 145 cm³/mol. The number of halogens is 3. The van der Waals surface area contributed by atoms with Gasteiger partial charge in [-0.2, -0.15) is 0 Å². The predicted octanol–water partition coefficient (Wildman–Crippen LogP) is 6.78. The van der Waals surface area contributed by atoms with Crippen LogP contribution in [0.15, 0.2) is 60.7 Å². The van der Waals surface area contributed by atoms with Gasteiger partial charge in [-0.3, -0.25) is 4.79 Å². The Balaban J connectivity index is 1.87. The van der Waals surface area contributed by atoms with Gasteiger partial charge in [0, 0.05) is 5.56 Å². The quantitative estimate of drug-likeness (QED) is 0.138. The summed E-state index contributed by atoms with van der Waals surface area (Å²) in [6.45, 7) is 0. The molecule has 40 heavy (non-hydrogen) atoms. The van der Waals surface area contributed by atoms with Crippen LogP contribution in [0.1, 0.15) is 27.0 Å². The fourth-order valence-electron chi connectivity index (χ4n) is 3.86. The third kappa shape index (κ3) is 7.72. The third-order valence-corrected chi connectivity index (χ3v) is 5.77. The molecule has 0 amide bonds. The summed E-state index contributed by atoms with van der Waals surface area (Å²) >= 11 is 0. The van der Waals surface area contributed by atoms with E-state index in [1.54, 1.807) is 6.08 Å². The second-order valence-corrected chi connectivity index (χ2v) is 8.24. The molecule has 0 radical (unpaired) electrons. The van der Waals surface area contributed by atoms with Gasteiger partial charge in [0.1, 0.15) is 5.75 Å². The van der Waals surface area contributed by atoms with Gasteiger partial charge in [0.05, 0.1) is 35.5 Å². The van der Waals surface area contributed by atoms with Crippen LogP contribution in [-0.2, 0) is 6.42 Å². The van der Waals surface area contributed by atoms with E-state index in [4.69, 9.17) is 23.7 Å². The molecule has 3 aromatic carbocycles. The fourth-order valence-corrected chi connectivity index (χ4v) is 3.86. The fraction of sp³-hybridized carbons (Fsp3) is 0.233. The van der Waals surface area contributed by atoms with Gasteiger partial charge in [-0.15, -0.1) is 13.2 Å². The van der Waals surface area contributed by atoms with E-state index < -0.39 is 12.1 Å². The van der Waals surface area contributed by atoms with Crippen molar-refractivity contribution in [3.63, 3.8) is 0 Å². The average Bonchev–Trinajstić information content (AvgIpc) is 2.94. The van der Waals surface area contributed by atoms with Gasteiger partial charge in [-0.05, 0) is 77.7 Å². The lowest BCUT2D eigenvalue weighted by molar-refractivity contribution is -0.274. The number of methoxy groups -OCH3 is 5. The summed E-state index contributed by atoms with van der Waals surface area (Å²) in [5, 5.41) is 0. The first kappa shape index (κ1) is 29.9. The number of ether oxygens (including phenoxy) is 6. The first-order valence-corrected chi connectivity index (χ1v) is 11.9. The number of hydrogen-bond acceptors (Lipinski definition) is 7. The van der Waals surface area contributed by atoms with Crippen molar-refractivity contribution < 1.29 is 46.4 Å². The van der Waals surface area contributed by atoms with E-state index in [0.717, 1.165) is 28.8 Å². The zero-order valence-corrected chi connectivity index (χ0v) is 22.6. The maximum absolute atomic E-state index is 12.6. The Bertz CT molecular complexity index is 1350. The number of benzene rings is 3. The molecule has 0 N–H and O–H groups in total. The molecule has 212 valence electrons. The Kier molecular flexibility index (Phi) is 10.1. The normalized spacial score (nSPS) is 11.5. The highest BCUT2D eigenvalue weighted by Gasteiger charge is 2.31. The van der Waals surface area contributed by atoms with E-state index in [1.807, 2.05) is 36.4 Å². The van der Waals surface area contributed by atoms with Crippen LogP contribution in [0, 0.1) is 0 Å². The van der Waals surface area contributed by atoms with Crippen LogP contribution in [0.5, 0.6) is 34.5 Å². The Hall–Kier alpha value is -4.60. The van der Waals surface area contributed by atoms with Crippen molar-refractivity contribution >= 4 is 17.9 Å². The Labute approximate surface area is 230 Å². The average molecular weight is 559 g/mol. The largest absolute Gasteiger partial charge is 0.573 e. The van der Waals surface area contributed by atoms with E-state index in [-0.39, 0.29) is 11.3 Å². The van der Waals surface area contributed by atoms with Crippen molar-refractivity contribution in [3.05, 3.63) is 82.9 Å². The molecule has 0 heterocycles. The summed E-state index contributed by atoms with van der Waals surface area (Å²) in [6, 6.07) is 12.0. The van der Waals surface area contributed by atoms with E-state index in [1.165, 1.54) is 53.8 Å². The first-order valence-electron chi connectivity index (χ1n) is 11.9. The smallest absolute Gasteiger partial charge is 0.493 e. The minimum absolute atomic E-state index is 0.223. The highest BCUT2D eigenvalue weighted by Crippen LogP contribution is 2.39. The molecular weight excluding hydrogens is 529 g/mol. The van der Waals surface area contributed by atoms with Crippen molar-refractivity contribution in [2.45, 2.75) is 12.8 Å². The van der Waals surface area contributed by atoms with Crippen LogP contribution < -0.4 is 28.4 Å². The maximum atomic E-state index is 12.6. The minimum atomic E-state index is -4.80. The summed E-state index contributed by atoms with van der Waals surface area (Å²) in [7, 11) is 7.67. The van der Waals surface area contributed by atoms with Crippen LogP contribution >= 0.6 is 0 Å². The lowest BCUT2D eigenvalue weighted by Crippen LogP contribution is -2.17. The molecule has 7 nitrogen and oxygen atoms in total. The van der Waals surface area contributed by atoms with Gasteiger partial charge in [0.2, 0.25) is 5.75 Å². The molecule has 0 spiro atoms. The molecule has 3 aromatic rings. The topological polar surface area (TPSA) is 72.5 Å². The molecule has 0 fully saturated rings. The molecular formula is C30H29F3O7. The monoisotopic (exact) mass is 558 g/mol. The second kappa shape index (κ2) is 13.5. The highest BCUT2D eigenvalue weighted by atomic mass is 19.4. The molecule has 10 heteroatoms. The van der Waals surface area contributed by atoms with E-state index >= 15 is 0 Å². The number of carbonyl (C=O) groups excluding carboxylic acids is 1. The highest BCUT2D eigenvalue weighted by molar-refractivity contribution is 6.04. The SMILES string of the molecule is COc1cc(/C=C\c2cc(OC)c(OC)c(OC)c2)c(C/C=C\C(=O)c2ccc(OC(F)(F)F)cc2)cc1OC. The number of alkyl halides is 3. The van der Waals surface area contributed by atoms with Gasteiger partial charge < -0.3 is 28.4 Å². The Morgan fingerprint density at radius 3 is 1.85 bits per heavy atom. The molecule has 3 rings (SSSR count). The van der Waals surface area contributed by atoms with Gasteiger partial charge in [0.15, 0.2) is 28.8 Å². The van der Waals surface area contributed by atoms with E-state index in [0.29, 0.717) is 35.2 Å². The van der Waals surface area contributed by atoms with Gasteiger partial charge in [-0.1, -0.05) is 18.2 Å². The molecule has 0 aliphatic carbocycles. The van der Waals surface area contributed by atoms with Crippen LogP contribution in [0.25, 0.3) is 12.2 Å². The summed E-state index contributed by atoms with van der Waals surface area (Å²) in [5.41, 5.74) is 2.65. The van der Waals surface area contributed by atoms with Crippen LogP contribution in [-0.4, -0.2) is 47.7 Å². The number of rotatable bonds is 12. The summed E-state index contributed by atoms with van der Waals surface area (Å²) in [4.78, 5) is 12.6. The number of allylic oxidation sites excluding steroid dienone is 2. The molecule has 0 saturated carbocycles. The second-order valence-electron chi connectivity index (χ2n) is 8.24. The zero-order chi connectivity index (χ0) is 29.3. The Morgan fingerprint density at radius 2 is 1.32 bits per heavy atom. The zero-order valence-electron chi connectivity index (χ0n) is 22.6. The first-order chi connectivity index (χ1) is 19.1. The number of hydrogen-bond donors (Lipinski definition) is 0. The van der Waals surface area contributed by atoms with E-state index in [2.05, 4.69) is 4.74 Å². The van der Waals surface area contributed by atoms with Crippen LogP contribution in [0.2, 0.25) is 0 Å². The van der Waals surface area contributed by atoms with Crippen LogP contribution in [0.4, 0.5) is 13.2 Å². The van der Waals surface area contributed by atoms with Crippen LogP contribution in [0.3, 0.4) is 0 Å². The van der Waals surface area contributed by atoms with Crippen molar-refractivity contribution in [1.82, 2.24) is 0 Å². The van der Waals surface area contributed by atoms with Gasteiger partial charge in [0.25, 0.3) is 0 Å². The van der Waals surface area contributed by atoms with Gasteiger partial charge in [-0.25, -0.2) is 0 Å². The molecule has 0 unspecified atom stereocenters. The lowest BCUT2D eigenvalue weighted by Gasteiger charge is -2.14. The molecule has 0 aromatic heterocycles. The van der Waals surface area contributed by atoms with Crippen molar-refractivity contribution in [1.29, 1.82) is 0 Å². The van der Waals surface area contributed by atoms with E-state index in [9.17, 15) is 18.0 Å². The summed E-state index contributed by atoms with van der Waals surface area (Å²) in [6.07, 6.45) is 2.34. The molecule has 0 bridgehead atoms. The minimum Gasteiger partial charge on any atom is -0.493 e. The number of ketones is 1. The van der Waals surface area contributed by atoms with Gasteiger partial charge >= 0.3 is 6.36 Å². The molecule has 0 aliphatic rings. The maximum Gasteiger partial charge on any atom is 0.573 e. The van der Waals surface area contributed by atoms with Crippen molar-refractivity contribution in [2.24, 2.45) is 0 Å². The van der Waals surface area contributed by atoms with Crippen molar-refractivity contribution in [3.8, 4) is 34.5 Å². The summed E-state index contributed by atoms with van der Waals surface area (Å²) in [5.74, 6) is 1.77. The number of carbonyl (C=O) groups is 1. The lowest BCUT2D eigenvalue weighted by atomic mass is 10.0. The standard InChI is InChI=1S/C30H29F3O7/c1-35-25-17-21(7-6-8-24(34)20-11-13-23(14-12-20)40-30(31,32)33)22(18-26(25)36-2)10-9-19-15-27(37-3)29(39-5)28(16-19)38-4/h6,8-18H,7H2,1-5H3/b8-6-,10-9-. The third-order valence-electron chi connectivity index (χ3n) is 5.77. The molecule has 0 atom stereocenters. The molecule has 0 saturated heterocycles. The summed E-state index contributed by atoms with van der Waals surface area (Å²) < 4.78 is 68.1. The molecule has 0 aliphatic heterocycles. The Morgan fingerprint density at radius 1 is 0.750 bits per heavy atom.